The van der Waals surface area contributed by atoms with Crippen molar-refractivity contribution in [2.24, 2.45) is 23.2 Å². The monoisotopic (exact) mass is 412 g/mol. The van der Waals surface area contributed by atoms with Gasteiger partial charge < -0.3 is 4.74 Å². The zero-order chi connectivity index (χ0) is 15.6. The summed E-state index contributed by atoms with van der Waals surface area (Å²) < 4.78 is 7.70. The first-order valence-electron chi connectivity index (χ1n) is 8.86. The lowest BCUT2D eigenvalue weighted by Gasteiger charge is -2.46. The highest BCUT2D eigenvalue weighted by molar-refractivity contribution is 14.1. The Bertz CT molecular complexity index is 474. The van der Waals surface area contributed by atoms with Crippen LogP contribution in [0.2, 0.25) is 0 Å². The maximum atomic E-state index is 6.41. The molecular weight excluding hydrogens is 383 g/mol. The van der Waals surface area contributed by atoms with E-state index < -0.39 is 0 Å². The van der Waals surface area contributed by atoms with Crippen LogP contribution in [-0.2, 0) is 11.3 Å². The standard InChI is InChI=1S/C20H29IO/c1-15(13-21)17-10-11-18-19(9-6-12-20(17,18)2)22-14-16-7-4-3-5-8-16/h3-5,7-8,15,17-19H,6,9-14H2,1-2H3/t15-,17-,18-,19+,20-/m1/s1. The average molecular weight is 412 g/mol. The fourth-order valence-corrected chi connectivity index (χ4v) is 5.79. The molecule has 2 aliphatic rings. The number of rotatable bonds is 5. The molecular formula is C20H29IO. The zero-order valence-electron chi connectivity index (χ0n) is 13.9. The van der Waals surface area contributed by atoms with Gasteiger partial charge in [0.2, 0.25) is 0 Å². The van der Waals surface area contributed by atoms with E-state index in [9.17, 15) is 0 Å². The highest BCUT2D eigenvalue weighted by atomic mass is 127. The topological polar surface area (TPSA) is 9.23 Å². The molecule has 0 aromatic heterocycles. The minimum atomic E-state index is 0.477. The van der Waals surface area contributed by atoms with Gasteiger partial charge in [0.1, 0.15) is 0 Å². The minimum Gasteiger partial charge on any atom is -0.373 e. The number of hydrogen-bond acceptors (Lipinski definition) is 1. The van der Waals surface area contributed by atoms with E-state index >= 15 is 0 Å². The van der Waals surface area contributed by atoms with Crippen molar-refractivity contribution in [2.45, 2.75) is 58.7 Å². The van der Waals surface area contributed by atoms with E-state index in [1.54, 1.807) is 0 Å². The molecule has 0 heterocycles. The predicted octanol–water partition coefficient (Wildman–Crippen LogP) is 5.86. The number of halogens is 1. The van der Waals surface area contributed by atoms with E-state index in [-0.39, 0.29) is 0 Å². The molecule has 0 bridgehead atoms. The van der Waals surface area contributed by atoms with Crippen molar-refractivity contribution >= 4 is 22.6 Å². The van der Waals surface area contributed by atoms with E-state index in [0.29, 0.717) is 11.5 Å². The van der Waals surface area contributed by atoms with E-state index in [0.717, 1.165) is 24.4 Å². The van der Waals surface area contributed by atoms with Gasteiger partial charge in [0, 0.05) is 4.43 Å². The molecule has 0 amide bonds. The summed E-state index contributed by atoms with van der Waals surface area (Å²) in [5.74, 6) is 2.53. The normalized spacial score (nSPS) is 36.0. The molecule has 2 fully saturated rings. The van der Waals surface area contributed by atoms with Gasteiger partial charge in [-0.15, -0.1) is 0 Å². The molecule has 0 aliphatic heterocycles. The smallest absolute Gasteiger partial charge is 0.0720 e. The third-order valence-corrected chi connectivity index (χ3v) is 7.76. The Labute approximate surface area is 149 Å². The molecule has 22 heavy (non-hydrogen) atoms. The van der Waals surface area contributed by atoms with Crippen LogP contribution in [0.4, 0.5) is 0 Å². The summed E-state index contributed by atoms with van der Waals surface area (Å²) in [6.45, 7) is 5.81. The molecule has 122 valence electrons. The Morgan fingerprint density at radius 1 is 1.23 bits per heavy atom. The molecule has 3 rings (SSSR count). The summed E-state index contributed by atoms with van der Waals surface area (Å²) in [5, 5.41) is 0. The van der Waals surface area contributed by atoms with E-state index in [2.05, 4.69) is 66.8 Å². The molecule has 1 aromatic carbocycles. The van der Waals surface area contributed by atoms with Gasteiger partial charge in [-0.3, -0.25) is 0 Å². The van der Waals surface area contributed by atoms with Gasteiger partial charge in [0.25, 0.3) is 0 Å². The highest BCUT2D eigenvalue weighted by Gasteiger charge is 2.52. The maximum Gasteiger partial charge on any atom is 0.0720 e. The fraction of sp³-hybridized carbons (Fsp3) is 0.700. The Morgan fingerprint density at radius 3 is 2.73 bits per heavy atom. The van der Waals surface area contributed by atoms with Crippen LogP contribution in [0, 0.1) is 23.2 Å². The van der Waals surface area contributed by atoms with Crippen molar-refractivity contribution in [2.75, 3.05) is 4.43 Å². The van der Waals surface area contributed by atoms with Crippen molar-refractivity contribution in [1.82, 2.24) is 0 Å². The molecule has 0 spiro atoms. The SMILES string of the molecule is C[C@H](CI)[C@H]1CC[C@@H]2[C@@H](OCc3ccccc3)CCC[C@]12C. The number of ether oxygens (including phenoxy) is 1. The van der Waals surface area contributed by atoms with Crippen LogP contribution in [-0.4, -0.2) is 10.5 Å². The lowest BCUT2D eigenvalue weighted by molar-refractivity contribution is -0.0750. The molecule has 2 saturated carbocycles. The van der Waals surface area contributed by atoms with Gasteiger partial charge in [0.15, 0.2) is 0 Å². The molecule has 0 saturated heterocycles. The predicted molar refractivity (Wildman–Crippen MR) is 101 cm³/mol. The molecule has 1 aromatic rings. The van der Waals surface area contributed by atoms with E-state index in [4.69, 9.17) is 4.74 Å². The second kappa shape index (κ2) is 7.21. The molecule has 1 nitrogen and oxygen atoms in total. The first-order chi connectivity index (χ1) is 10.6. The molecule has 0 unspecified atom stereocenters. The van der Waals surface area contributed by atoms with Crippen LogP contribution < -0.4 is 0 Å². The van der Waals surface area contributed by atoms with Crippen molar-refractivity contribution in [3.63, 3.8) is 0 Å². The van der Waals surface area contributed by atoms with Crippen LogP contribution in [0.1, 0.15) is 51.5 Å². The third-order valence-electron chi connectivity index (χ3n) is 6.37. The maximum absolute atomic E-state index is 6.41. The quantitative estimate of drug-likeness (QED) is 0.435. The zero-order valence-corrected chi connectivity index (χ0v) is 16.1. The summed E-state index contributed by atoms with van der Waals surface area (Å²) in [7, 11) is 0. The van der Waals surface area contributed by atoms with Gasteiger partial charge in [-0.1, -0.05) is 73.2 Å². The summed E-state index contributed by atoms with van der Waals surface area (Å²) in [4.78, 5) is 0. The Hall–Kier alpha value is -0.0900. The summed E-state index contributed by atoms with van der Waals surface area (Å²) in [6, 6.07) is 10.7. The summed E-state index contributed by atoms with van der Waals surface area (Å²) in [5.41, 5.74) is 1.83. The molecule has 0 N–H and O–H groups in total. The van der Waals surface area contributed by atoms with Crippen LogP contribution in [0.3, 0.4) is 0 Å². The number of alkyl halides is 1. The number of fused-ring (bicyclic) bond motifs is 1. The van der Waals surface area contributed by atoms with Crippen LogP contribution in [0.5, 0.6) is 0 Å². The van der Waals surface area contributed by atoms with E-state index in [1.807, 2.05) is 0 Å². The first kappa shape index (κ1) is 16.8. The second-order valence-electron chi connectivity index (χ2n) is 7.66. The first-order valence-corrected chi connectivity index (χ1v) is 10.4. The largest absolute Gasteiger partial charge is 0.373 e. The molecule has 0 radical (unpaired) electrons. The summed E-state index contributed by atoms with van der Waals surface area (Å²) in [6.07, 6.45) is 7.28. The minimum absolute atomic E-state index is 0.477. The van der Waals surface area contributed by atoms with Crippen molar-refractivity contribution in [3.05, 3.63) is 35.9 Å². The van der Waals surface area contributed by atoms with Gasteiger partial charge >= 0.3 is 0 Å². The van der Waals surface area contributed by atoms with Gasteiger partial charge in [-0.2, -0.15) is 0 Å². The van der Waals surface area contributed by atoms with Crippen molar-refractivity contribution in [1.29, 1.82) is 0 Å². The second-order valence-corrected chi connectivity index (χ2v) is 8.54. The van der Waals surface area contributed by atoms with Crippen molar-refractivity contribution in [3.8, 4) is 0 Å². The Morgan fingerprint density at radius 2 is 2.00 bits per heavy atom. The molecule has 2 heteroatoms. The Balaban J connectivity index is 1.67. The number of hydrogen-bond donors (Lipinski definition) is 0. The highest BCUT2D eigenvalue weighted by Crippen LogP contribution is 2.58. The van der Waals surface area contributed by atoms with Crippen LogP contribution >= 0.6 is 22.6 Å². The van der Waals surface area contributed by atoms with Crippen LogP contribution in [0.15, 0.2) is 30.3 Å². The molecule has 5 atom stereocenters. The van der Waals surface area contributed by atoms with Gasteiger partial charge in [-0.05, 0) is 54.4 Å². The fourth-order valence-electron chi connectivity index (χ4n) is 5.18. The number of benzene rings is 1. The third kappa shape index (κ3) is 3.24. The van der Waals surface area contributed by atoms with Crippen LogP contribution in [0.25, 0.3) is 0 Å². The average Bonchev–Trinajstić information content (AvgIpc) is 2.90. The van der Waals surface area contributed by atoms with Gasteiger partial charge in [0.05, 0.1) is 12.7 Å². The van der Waals surface area contributed by atoms with Crippen molar-refractivity contribution < 1.29 is 4.74 Å². The molecule has 2 aliphatic carbocycles. The lowest BCUT2D eigenvalue weighted by atomic mass is 9.62. The van der Waals surface area contributed by atoms with E-state index in [1.165, 1.54) is 42.1 Å². The van der Waals surface area contributed by atoms with Gasteiger partial charge in [-0.25, -0.2) is 0 Å². The lowest BCUT2D eigenvalue weighted by Crippen LogP contribution is -2.42. The Kier molecular flexibility index (Phi) is 5.49. The summed E-state index contributed by atoms with van der Waals surface area (Å²) >= 11 is 2.57.